The van der Waals surface area contributed by atoms with Crippen LogP contribution in [0.2, 0.25) is 5.02 Å². The minimum absolute atomic E-state index is 0.661. The van der Waals surface area contributed by atoms with Crippen molar-refractivity contribution in [2.45, 2.75) is 6.42 Å². The molecule has 0 unspecified atom stereocenters. The first kappa shape index (κ1) is 15.6. The third-order valence-corrected chi connectivity index (χ3v) is 3.49. The number of ether oxygens (including phenoxy) is 2. The molecule has 112 valence electrons. The standard InChI is InChI=1S/C15H23ClN2O2/c16-14-3-1-4-15(13-14)20-11-2-10-19-12-9-18-7-5-17-6-8-18/h1,3-4,13,17H,2,5-12H2. The predicted octanol–water partition coefficient (Wildman–Crippen LogP) is 2.03. The molecular weight excluding hydrogens is 276 g/mol. The molecular formula is C15H23ClN2O2. The number of rotatable bonds is 8. The molecule has 1 aromatic carbocycles. The smallest absolute Gasteiger partial charge is 0.120 e. The van der Waals surface area contributed by atoms with Gasteiger partial charge in [0, 0.05) is 50.8 Å². The van der Waals surface area contributed by atoms with Crippen LogP contribution >= 0.6 is 11.6 Å². The van der Waals surface area contributed by atoms with Gasteiger partial charge in [-0.05, 0) is 18.2 Å². The van der Waals surface area contributed by atoms with E-state index < -0.39 is 0 Å². The fourth-order valence-corrected chi connectivity index (χ4v) is 2.32. The Balaban J connectivity index is 1.45. The number of benzene rings is 1. The summed E-state index contributed by atoms with van der Waals surface area (Å²) in [6.45, 7) is 7.66. The van der Waals surface area contributed by atoms with Crippen LogP contribution in [0.3, 0.4) is 0 Å². The molecule has 5 heteroatoms. The van der Waals surface area contributed by atoms with E-state index in [1.165, 1.54) is 0 Å². The quantitative estimate of drug-likeness (QED) is 0.745. The van der Waals surface area contributed by atoms with Gasteiger partial charge in [0.25, 0.3) is 0 Å². The second kappa shape index (κ2) is 9.19. The van der Waals surface area contributed by atoms with Crippen LogP contribution in [-0.2, 0) is 4.74 Å². The van der Waals surface area contributed by atoms with Crippen molar-refractivity contribution in [3.05, 3.63) is 29.3 Å². The first-order valence-corrected chi connectivity index (χ1v) is 7.61. The van der Waals surface area contributed by atoms with Crippen LogP contribution in [-0.4, -0.2) is 57.4 Å². The molecule has 1 aliphatic rings. The Hall–Kier alpha value is -0.810. The lowest BCUT2D eigenvalue weighted by atomic mass is 10.3. The molecule has 1 heterocycles. The highest BCUT2D eigenvalue weighted by Crippen LogP contribution is 2.17. The van der Waals surface area contributed by atoms with Gasteiger partial charge >= 0.3 is 0 Å². The van der Waals surface area contributed by atoms with Crippen LogP contribution in [0.4, 0.5) is 0 Å². The topological polar surface area (TPSA) is 33.7 Å². The van der Waals surface area contributed by atoms with E-state index >= 15 is 0 Å². The van der Waals surface area contributed by atoms with Gasteiger partial charge in [-0.3, -0.25) is 4.90 Å². The Morgan fingerprint density at radius 1 is 1.15 bits per heavy atom. The van der Waals surface area contributed by atoms with Crippen LogP contribution in [0.15, 0.2) is 24.3 Å². The number of nitrogens with one attached hydrogen (secondary N) is 1. The molecule has 0 aromatic heterocycles. The molecule has 0 spiro atoms. The lowest BCUT2D eigenvalue weighted by Crippen LogP contribution is -2.44. The SMILES string of the molecule is Clc1cccc(OCCCOCCN2CCNCC2)c1. The van der Waals surface area contributed by atoms with Gasteiger partial charge in [-0.15, -0.1) is 0 Å². The van der Waals surface area contributed by atoms with Crippen molar-refractivity contribution < 1.29 is 9.47 Å². The summed E-state index contributed by atoms with van der Waals surface area (Å²) >= 11 is 5.89. The fraction of sp³-hybridized carbons (Fsp3) is 0.600. The van der Waals surface area contributed by atoms with Crippen LogP contribution in [0.25, 0.3) is 0 Å². The second-order valence-electron chi connectivity index (χ2n) is 4.86. The van der Waals surface area contributed by atoms with E-state index in [2.05, 4.69) is 10.2 Å². The summed E-state index contributed by atoms with van der Waals surface area (Å²) in [7, 11) is 0. The average Bonchev–Trinajstić information content (AvgIpc) is 2.47. The van der Waals surface area contributed by atoms with Gasteiger partial charge < -0.3 is 14.8 Å². The zero-order chi connectivity index (χ0) is 14.0. The summed E-state index contributed by atoms with van der Waals surface area (Å²) in [5, 5.41) is 4.05. The summed E-state index contributed by atoms with van der Waals surface area (Å²) in [4.78, 5) is 2.43. The van der Waals surface area contributed by atoms with Crippen LogP contribution in [0.5, 0.6) is 5.75 Å². The van der Waals surface area contributed by atoms with Gasteiger partial charge in [0.05, 0.1) is 13.2 Å². The monoisotopic (exact) mass is 298 g/mol. The molecule has 0 bridgehead atoms. The maximum Gasteiger partial charge on any atom is 0.120 e. The van der Waals surface area contributed by atoms with Crippen molar-refractivity contribution in [1.82, 2.24) is 10.2 Å². The Morgan fingerprint density at radius 3 is 2.80 bits per heavy atom. The lowest BCUT2D eigenvalue weighted by Gasteiger charge is -2.26. The molecule has 4 nitrogen and oxygen atoms in total. The largest absolute Gasteiger partial charge is 0.493 e. The Kier molecular flexibility index (Phi) is 7.15. The number of nitrogens with zero attached hydrogens (tertiary/aromatic N) is 1. The molecule has 0 aliphatic carbocycles. The third kappa shape index (κ3) is 6.09. The molecule has 1 aliphatic heterocycles. The highest BCUT2D eigenvalue weighted by Gasteiger charge is 2.08. The second-order valence-corrected chi connectivity index (χ2v) is 5.30. The molecule has 0 saturated carbocycles. The van der Waals surface area contributed by atoms with Gasteiger partial charge in [-0.2, -0.15) is 0 Å². The van der Waals surface area contributed by atoms with E-state index in [0.717, 1.165) is 58.1 Å². The van der Waals surface area contributed by atoms with Crippen molar-refractivity contribution in [1.29, 1.82) is 0 Å². The number of piperazine rings is 1. The normalized spacial score (nSPS) is 16.2. The molecule has 2 rings (SSSR count). The summed E-state index contributed by atoms with van der Waals surface area (Å²) in [6, 6.07) is 7.47. The summed E-state index contributed by atoms with van der Waals surface area (Å²) in [5.74, 6) is 0.818. The number of hydrogen-bond donors (Lipinski definition) is 1. The zero-order valence-electron chi connectivity index (χ0n) is 11.8. The molecule has 0 amide bonds. The maximum absolute atomic E-state index is 5.89. The molecule has 1 saturated heterocycles. The van der Waals surface area contributed by atoms with Crippen LogP contribution in [0, 0.1) is 0 Å². The molecule has 0 atom stereocenters. The van der Waals surface area contributed by atoms with Gasteiger partial charge in [0.1, 0.15) is 5.75 Å². The minimum Gasteiger partial charge on any atom is -0.493 e. The third-order valence-electron chi connectivity index (χ3n) is 3.26. The van der Waals surface area contributed by atoms with Gasteiger partial charge in [-0.1, -0.05) is 17.7 Å². The van der Waals surface area contributed by atoms with Crippen molar-refractivity contribution >= 4 is 11.6 Å². The molecule has 20 heavy (non-hydrogen) atoms. The number of hydrogen-bond acceptors (Lipinski definition) is 4. The first-order chi connectivity index (χ1) is 9.84. The van der Waals surface area contributed by atoms with E-state index in [4.69, 9.17) is 21.1 Å². The van der Waals surface area contributed by atoms with Crippen molar-refractivity contribution in [3.8, 4) is 5.75 Å². The van der Waals surface area contributed by atoms with Crippen LogP contribution < -0.4 is 10.1 Å². The fourth-order valence-electron chi connectivity index (χ4n) is 2.14. The van der Waals surface area contributed by atoms with Crippen molar-refractivity contribution in [2.24, 2.45) is 0 Å². The number of halogens is 1. The van der Waals surface area contributed by atoms with Gasteiger partial charge in [0.15, 0.2) is 0 Å². The molecule has 1 aromatic rings. The van der Waals surface area contributed by atoms with E-state index in [9.17, 15) is 0 Å². The Labute approximate surface area is 126 Å². The van der Waals surface area contributed by atoms with E-state index in [1.54, 1.807) is 0 Å². The van der Waals surface area contributed by atoms with E-state index in [0.29, 0.717) is 11.6 Å². The summed E-state index contributed by atoms with van der Waals surface area (Å²) in [6.07, 6.45) is 0.897. The minimum atomic E-state index is 0.661. The Morgan fingerprint density at radius 2 is 2.00 bits per heavy atom. The van der Waals surface area contributed by atoms with Crippen LogP contribution in [0.1, 0.15) is 6.42 Å². The zero-order valence-corrected chi connectivity index (χ0v) is 12.6. The van der Waals surface area contributed by atoms with Crippen molar-refractivity contribution in [3.63, 3.8) is 0 Å². The van der Waals surface area contributed by atoms with E-state index in [1.807, 2.05) is 24.3 Å². The highest BCUT2D eigenvalue weighted by molar-refractivity contribution is 6.30. The molecule has 1 fully saturated rings. The summed E-state index contributed by atoms with van der Waals surface area (Å²) < 4.78 is 11.2. The van der Waals surface area contributed by atoms with Crippen molar-refractivity contribution in [2.75, 3.05) is 52.5 Å². The summed E-state index contributed by atoms with van der Waals surface area (Å²) in [5.41, 5.74) is 0. The predicted molar refractivity (Wildman–Crippen MR) is 81.7 cm³/mol. The van der Waals surface area contributed by atoms with Gasteiger partial charge in [0.2, 0.25) is 0 Å². The lowest BCUT2D eigenvalue weighted by molar-refractivity contribution is 0.0901. The average molecular weight is 299 g/mol. The highest BCUT2D eigenvalue weighted by atomic mass is 35.5. The van der Waals surface area contributed by atoms with Gasteiger partial charge in [-0.25, -0.2) is 0 Å². The first-order valence-electron chi connectivity index (χ1n) is 7.24. The molecule has 1 N–H and O–H groups in total. The maximum atomic E-state index is 5.89. The van der Waals surface area contributed by atoms with E-state index in [-0.39, 0.29) is 0 Å². The molecule has 0 radical (unpaired) electrons. The Bertz CT molecular complexity index is 384.